The number of nitro groups is 1. The van der Waals surface area contributed by atoms with Crippen LogP contribution in [0.1, 0.15) is 0 Å². The molecule has 0 saturated carbocycles. The van der Waals surface area contributed by atoms with Crippen LogP contribution in [0.5, 0.6) is 0 Å². The summed E-state index contributed by atoms with van der Waals surface area (Å²) in [6.45, 7) is 0. The van der Waals surface area contributed by atoms with Crippen molar-refractivity contribution in [1.29, 1.82) is 10.5 Å². The van der Waals surface area contributed by atoms with Gasteiger partial charge in [-0.3, -0.25) is 10.1 Å². The Morgan fingerprint density at radius 1 is 1.35 bits per heavy atom. The molecule has 0 heterocycles. The van der Waals surface area contributed by atoms with E-state index in [2.05, 4.69) is 12.6 Å². The van der Waals surface area contributed by atoms with E-state index in [4.69, 9.17) is 10.5 Å². The van der Waals surface area contributed by atoms with Gasteiger partial charge in [0.2, 0.25) is 0 Å². The number of thiol groups is 1. The van der Waals surface area contributed by atoms with Crippen molar-refractivity contribution in [1.82, 2.24) is 0 Å². The maximum absolute atomic E-state index is 10.7. The van der Waals surface area contributed by atoms with Crippen molar-refractivity contribution in [2.45, 2.75) is 4.90 Å². The van der Waals surface area contributed by atoms with Gasteiger partial charge in [-0.05, 0) is 6.07 Å². The van der Waals surface area contributed by atoms with Crippen LogP contribution in [0.15, 0.2) is 39.0 Å². The van der Waals surface area contributed by atoms with Gasteiger partial charge >= 0.3 is 0 Å². The van der Waals surface area contributed by atoms with Gasteiger partial charge in [-0.25, -0.2) is 0 Å². The quantitative estimate of drug-likeness (QED) is 0.298. The second-order valence-electron chi connectivity index (χ2n) is 2.73. The van der Waals surface area contributed by atoms with Crippen molar-refractivity contribution >= 4 is 30.1 Å². The fourth-order valence-electron chi connectivity index (χ4n) is 0.970. The second-order valence-corrected chi connectivity index (χ2v) is 4.53. The minimum absolute atomic E-state index is 0.0840. The summed E-state index contributed by atoms with van der Waals surface area (Å²) >= 11 is 4.90. The number of thioether (sulfide) groups is 1. The highest BCUT2D eigenvalue weighted by Gasteiger charge is 2.15. The average Bonchev–Trinajstić information content (AvgIpc) is 2.31. The average molecular weight is 263 g/mol. The molecule has 0 amide bonds. The minimum atomic E-state index is -0.526. The van der Waals surface area contributed by atoms with Gasteiger partial charge in [0.15, 0.2) is 0 Å². The Morgan fingerprint density at radius 2 is 1.94 bits per heavy atom. The van der Waals surface area contributed by atoms with Gasteiger partial charge in [0.05, 0.1) is 14.1 Å². The molecular formula is C10H5N3O2S2. The van der Waals surface area contributed by atoms with Crippen LogP contribution in [0.3, 0.4) is 0 Å². The summed E-state index contributed by atoms with van der Waals surface area (Å²) in [5, 5.41) is 28.0. The van der Waals surface area contributed by atoms with E-state index < -0.39 is 4.92 Å². The normalized spacial score (nSPS) is 8.88. The van der Waals surface area contributed by atoms with Gasteiger partial charge in [-0.2, -0.15) is 10.5 Å². The molecule has 7 heteroatoms. The third-order valence-electron chi connectivity index (χ3n) is 1.71. The van der Waals surface area contributed by atoms with Gasteiger partial charge in [0.1, 0.15) is 17.7 Å². The molecular weight excluding hydrogens is 258 g/mol. The Kier molecular flexibility index (Phi) is 4.58. The van der Waals surface area contributed by atoms with E-state index in [0.717, 1.165) is 11.8 Å². The van der Waals surface area contributed by atoms with Gasteiger partial charge in [-0.1, -0.05) is 23.9 Å². The smallest absolute Gasteiger partial charge is 0.258 e. The summed E-state index contributed by atoms with van der Waals surface area (Å²) in [5.41, 5.74) is -0.254. The third-order valence-corrected chi connectivity index (χ3v) is 3.17. The first-order valence-electron chi connectivity index (χ1n) is 4.25. The van der Waals surface area contributed by atoms with Gasteiger partial charge < -0.3 is 0 Å². The van der Waals surface area contributed by atoms with Crippen molar-refractivity contribution < 1.29 is 4.92 Å². The molecule has 0 fully saturated rings. The Morgan fingerprint density at radius 3 is 2.47 bits per heavy atom. The van der Waals surface area contributed by atoms with Crippen LogP contribution in [0, 0.1) is 32.8 Å². The van der Waals surface area contributed by atoms with E-state index in [1.165, 1.54) is 12.1 Å². The van der Waals surface area contributed by atoms with Crippen LogP contribution >= 0.6 is 24.4 Å². The third kappa shape index (κ3) is 3.25. The molecule has 0 saturated heterocycles. The van der Waals surface area contributed by atoms with Crippen LogP contribution in [0.2, 0.25) is 0 Å². The van der Waals surface area contributed by atoms with E-state index in [-0.39, 0.29) is 15.5 Å². The summed E-state index contributed by atoms with van der Waals surface area (Å²) in [6, 6.07) is 9.40. The molecule has 0 bridgehead atoms. The van der Waals surface area contributed by atoms with Crippen molar-refractivity contribution in [3.05, 3.63) is 44.2 Å². The molecule has 0 unspecified atom stereocenters. The first kappa shape index (κ1) is 13.1. The molecule has 84 valence electrons. The Labute approximate surface area is 107 Å². The number of nitrogens with zero attached hydrogens (tertiary/aromatic N) is 3. The van der Waals surface area contributed by atoms with E-state index in [1.54, 1.807) is 24.3 Å². The number of allylic oxidation sites excluding steroid dienone is 1. The number of hydrogen-bond donors (Lipinski definition) is 1. The van der Waals surface area contributed by atoms with Crippen LogP contribution in [-0.2, 0) is 0 Å². The van der Waals surface area contributed by atoms with Crippen LogP contribution < -0.4 is 0 Å². The fraction of sp³-hybridized carbons (Fsp3) is 0. The zero-order valence-electron chi connectivity index (χ0n) is 8.32. The lowest BCUT2D eigenvalue weighted by Gasteiger charge is -2.01. The topological polar surface area (TPSA) is 90.7 Å². The molecule has 0 aliphatic heterocycles. The van der Waals surface area contributed by atoms with Crippen molar-refractivity contribution in [2.24, 2.45) is 0 Å². The molecule has 1 rings (SSSR count). The van der Waals surface area contributed by atoms with E-state index in [9.17, 15) is 10.1 Å². The van der Waals surface area contributed by atoms with Crippen LogP contribution in [0.25, 0.3) is 0 Å². The first-order valence-corrected chi connectivity index (χ1v) is 5.51. The number of hydrogen-bond acceptors (Lipinski definition) is 6. The molecule has 0 aromatic heterocycles. The van der Waals surface area contributed by atoms with Crippen molar-refractivity contribution in [3.63, 3.8) is 0 Å². The summed E-state index contributed by atoms with van der Waals surface area (Å²) in [6.07, 6.45) is 0. The predicted octanol–water partition coefficient (Wildman–Crippen LogP) is 2.88. The maximum atomic E-state index is 10.7. The summed E-state index contributed by atoms with van der Waals surface area (Å²) in [5.74, 6) is 0. The monoisotopic (exact) mass is 263 g/mol. The summed E-state index contributed by atoms with van der Waals surface area (Å²) in [4.78, 5) is 10.5. The zero-order chi connectivity index (χ0) is 12.8. The Hall–Kier alpha value is -1.96. The highest BCUT2D eigenvalue weighted by molar-refractivity contribution is 8.15. The number of rotatable bonds is 3. The van der Waals surface area contributed by atoms with Crippen molar-refractivity contribution in [3.8, 4) is 12.1 Å². The van der Waals surface area contributed by atoms with E-state index in [0.29, 0.717) is 4.90 Å². The van der Waals surface area contributed by atoms with Gasteiger partial charge in [0, 0.05) is 6.07 Å². The number of nitriles is 2. The first-order chi connectivity index (χ1) is 8.10. The SMILES string of the molecule is N#CC(C#N)=C(S)Sc1ccccc1[N+](=O)[O-]. The molecule has 0 spiro atoms. The summed E-state index contributed by atoms with van der Waals surface area (Å²) in [7, 11) is 0. The Balaban J connectivity index is 3.14. The lowest BCUT2D eigenvalue weighted by Crippen LogP contribution is -1.90. The largest absolute Gasteiger partial charge is 0.283 e. The number of nitro benzene ring substituents is 1. The molecule has 17 heavy (non-hydrogen) atoms. The minimum Gasteiger partial charge on any atom is -0.258 e. The zero-order valence-corrected chi connectivity index (χ0v) is 10.0. The Bertz CT molecular complexity index is 554. The molecule has 0 atom stereocenters. The van der Waals surface area contributed by atoms with E-state index in [1.807, 2.05) is 0 Å². The molecule has 0 N–H and O–H groups in total. The fourth-order valence-corrected chi connectivity index (χ4v) is 2.16. The lowest BCUT2D eigenvalue weighted by molar-refractivity contribution is -0.387. The van der Waals surface area contributed by atoms with Crippen molar-refractivity contribution in [2.75, 3.05) is 0 Å². The number of para-hydroxylation sites is 1. The molecule has 0 aliphatic carbocycles. The highest BCUT2D eigenvalue weighted by atomic mass is 32.2. The highest BCUT2D eigenvalue weighted by Crippen LogP contribution is 2.36. The standard InChI is InChI=1S/C10H5N3O2S2/c11-5-7(6-12)10(16)17-9-4-2-1-3-8(9)13(14)15/h1-4,16H. The molecule has 1 aromatic rings. The van der Waals surface area contributed by atoms with Gasteiger partial charge in [-0.15, -0.1) is 12.6 Å². The number of benzene rings is 1. The van der Waals surface area contributed by atoms with Gasteiger partial charge in [0.25, 0.3) is 5.69 Å². The predicted molar refractivity (Wildman–Crippen MR) is 66.2 cm³/mol. The van der Waals surface area contributed by atoms with E-state index >= 15 is 0 Å². The molecule has 1 aromatic carbocycles. The van der Waals surface area contributed by atoms with Crippen LogP contribution in [0.4, 0.5) is 5.69 Å². The summed E-state index contributed by atoms with van der Waals surface area (Å²) < 4.78 is 0.143. The maximum Gasteiger partial charge on any atom is 0.283 e. The van der Waals surface area contributed by atoms with Crippen LogP contribution in [-0.4, -0.2) is 4.92 Å². The second kappa shape index (κ2) is 5.94. The lowest BCUT2D eigenvalue weighted by atomic mass is 10.3. The molecule has 0 aliphatic rings. The molecule has 5 nitrogen and oxygen atoms in total. The molecule has 0 radical (unpaired) electrons.